The molecule has 4 nitrogen and oxygen atoms in total. The number of hydrogen-bond acceptors (Lipinski definition) is 2. The standard InChI is InChI=1S/C22H23NO3/c24-21(18-10-11-19(18)22(25)26)23-13-12-16-8-4-5-9-17(16)20(23)14-15-6-2-1-3-7-15/h1-9,18-20H,10-14H2,(H,25,26). The van der Waals surface area contributed by atoms with Crippen molar-refractivity contribution in [1.82, 2.24) is 4.90 Å². The minimum absolute atomic E-state index is 0.0130. The first-order valence-corrected chi connectivity index (χ1v) is 9.30. The fraction of sp³-hybridized carbons (Fsp3) is 0.364. The molecule has 3 atom stereocenters. The van der Waals surface area contributed by atoms with Crippen LogP contribution in [0.3, 0.4) is 0 Å². The summed E-state index contributed by atoms with van der Waals surface area (Å²) in [6, 6.07) is 18.5. The van der Waals surface area contributed by atoms with Crippen molar-refractivity contribution >= 4 is 11.9 Å². The smallest absolute Gasteiger partial charge is 0.307 e. The number of benzene rings is 2. The Kier molecular flexibility index (Phi) is 4.49. The second-order valence-electron chi connectivity index (χ2n) is 7.31. The molecule has 1 amide bonds. The highest BCUT2D eigenvalue weighted by Gasteiger charge is 2.45. The Balaban J connectivity index is 1.64. The van der Waals surface area contributed by atoms with Crippen LogP contribution in [0.1, 0.15) is 35.6 Å². The summed E-state index contributed by atoms with van der Waals surface area (Å²) in [4.78, 5) is 26.5. The lowest BCUT2D eigenvalue weighted by Crippen LogP contribution is -2.49. The van der Waals surface area contributed by atoms with E-state index >= 15 is 0 Å². The zero-order valence-corrected chi connectivity index (χ0v) is 14.7. The van der Waals surface area contributed by atoms with Gasteiger partial charge < -0.3 is 10.0 Å². The van der Waals surface area contributed by atoms with Gasteiger partial charge in [0.25, 0.3) is 0 Å². The zero-order chi connectivity index (χ0) is 18.1. The number of carboxylic acids is 1. The lowest BCUT2D eigenvalue weighted by Gasteiger charge is -2.43. The predicted molar refractivity (Wildman–Crippen MR) is 98.6 cm³/mol. The normalized spacial score (nSPS) is 24.5. The van der Waals surface area contributed by atoms with Crippen molar-refractivity contribution < 1.29 is 14.7 Å². The van der Waals surface area contributed by atoms with Crippen LogP contribution in [0.4, 0.5) is 0 Å². The fourth-order valence-electron chi connectivity index (χ4n) is 4.28. The van der Waals surface area contributed by atoms with E-state index in [4.69, 9.17) is 0 Å². The van der Waals surface area contributed by atoms with Crippen molar-refractivity contribution in [2.45, 2.75) is 31.7 Å². The Hall–Kier alpha value is -2.62. The molecule has 3 unspecified atom stereocenters. The fourth-order valence-corrected chi connectivity index (χ4v) is 4.28. The van der Waals surface area contributed by atoms with Crippen molar-refractivity contribution in [3.05, 3.63) is 71.3 Å². The van der Waals surface area contributed by atoms with Gasteiger partial charge in [0.05, 0.1) is 17.9 Å². The summed E-state index contributed by atoms with van der Waals surface area (Å²) in [5, 5.41) is 9.34. The summed E-state index contributed by atoms with van der Waals surface area (Å²) >= 11 is 0. The number of carbonyl (C=O) groups excluding carboxylic acids is 1. The highest BCUT2D eigenvalue weighted by Crippen LogP contribution is 2.40. The molecule has 4 rings (SSSR count). The van der Waals surface area contributed by atoms with Crippen molar-refractivity contribution in [3.63, 3.8) is 0 Å². The summed E-state index contributed by atoms with van der Waals surface area (Å²) in [7, 11) is 0. The Morgan fingerprint density at radius 3 is 2.35 bits per heavy atom. The third-order valence-electron chi connectivity index (χ3n) is 5.88. The molecule has 0 saturated heterocycles. The maximum Gasteiger partial charge on any atom is 0.307 e. The molecular formula is C22H23NO3. The van der Waals surface area contributed by atoms with Crippen LogP contribution in [-0.4, -0.2) is 28.4 Å². The van der Waals surface area contributed by atoms with Crippen molar-refractivity contribution in [2.24, 2.45) is 11.8 Å². The van der Waals surface area contributed by atoms with E-state index in [0.717, 1.165) is 12.8 Å². The van der Waals surface area contributed by atoms with Crippen LogP contribution in [0.15, 0.2) is 54.6 Å². The molecule has 1 fully saturated rings. The van der Waals surface area contributed by atoms with Crippen LogP contribution >= 0.6 is 0 Å². The first-order valence-electron chi connectivity index (χ1n) is 9.30. The minimum Gasteiger partial charge on any atom is -0.481 e. The quantitative estimate of drug-likeness (QED) is 0.919. The van der Waals surface area contributed by atoms with Crippen molar-refractivity contribution in [3.8, 4) is 0 Å². The van der Waals surface area contributed by atoms with Gasteiger partial charge in [-0.25, -0.2) is 0 Å². The van der Waals surface area contributed by atoms with Crippen molar-refractivity contribution in [2.75, 3.05) is 6.54 Å². The van der Waals surface area contributed by atoms with Crippen LogP contribution in [0, 0.1) is 11.8 Å². The number of nitrogens with zero attached hydrogens (tertiary/aromatic N) is 1. The Morgan fingerprint density at radius 2 is 1.65 bits per heavy atom. The second-order valence-corrected chi connectivity index (χ2v) is 7.31. The van der Waals surface area contributed by atoms with E-state index < -0.39 is 11.9 Å². The summed E-state index contributed by atoms with van der Waals surface area (Å²) in [6.45, 7) is 0.663. The van der Waals surface area contributed by atoms with Crippen LogP contribution in [0.25, 0.3) is 0 Å². The third-order valence-corrected chi connectivity index (χ3v) is 5.88. The Morgan fingerprint density at radius 1 is 0.962 bits per heavy atom. The highest BCUT2D eigenvalue weighted by molar-refractivity contribution is 5.87. The number of carbonyl (C=O) groups is 2. The first-order chi connectivity index (χ1) is 12.6. The molecule has 2 aliphatic rings. The second kappa shape index (κ2) is 6.94. The molecule has 0 bridgehead atoms. The van der Waals surface area contributed by atoms with E-state index in [-0.39, 0.29) is 17.9 Å². The van der Waals surface area contributed by atoms with Crippen LogP contribution in [0.5, 0.6) is 0 Å². The van der Waals surface area contributed by atoms with E-state index in [0.29, 0.717) is 19.4 Å². The number of carboxylic acid groups (broad SMARTS) is 1. The first kappa shape index (κ1) is 16.8. The minimum atomic E-state index is -0.841. The summed E-state index contributed by atoms with van der Waals surface area (Å²) in [5.74, 6) is -1.71. The van der Waals surface area contributed by atoms with Gasteiger partial charge in [-0.15, -0.1) is 0 Å². The number of hydrogen-bond donors (Lipinski definition) is 1. The van der Waals surface area contributed by atoms with Gasteiger partial charge in [-0.2, -0.15) is 0 Å². The summed E-state index contributed by atoms with van der Waals surface area (Å²) < 4.78 is 0. The number of fused-ring (bicyclic) bond motifs is 1. The average molecular weight is 349 g/mol. The van der Waals surface area contributed by atoms with Gasteiger partial charge in [-0.1, -0.05) is 54.6 Å². The van der Waals surface area contributed by atoms with E-state index in [1.165, 1.54) is 16.7 Å². The molecule has 134 valence electrons. The zero-order valence-electron chi connectivity index (χ0n) is 14.7. The summed E-state index contributed by atoms with van der Waals surface area (Å²) in [6.07, 6.45) is 2.89. The molecule has 1 aliphatic heterocycles. The van der Waals surface area contributed by atoms with E-state index in [9.17, 15) is 14.7 Å². The van der Waals surface area contributed by atoms with Crippen LogP contribution in [-0.2, 0) is 22.4 Å². The average Bonchev–Trinajstić information content (AvgIpc) is 2.61. The molecule has 4 heteroatoms. The molecule has 0 spiro atoms. The topological polar surface area (TPSA) is 57.6 Å². The van der Waals surface area contributed by atoms with Gasteiger partial charge in [0.15, 0.2) is 0 Å². The van der Waals surface area contributed by atoms with Gasteiger partial charge in [0.2, 0.25) is 5.91 Å². The van der Waals surface area contributed by atoms with E-state index in [1.807, 2.05) is 35.2 Å². The van der Waals surface area contributed by atoms with Gasteiger partial charge >= 0.3 is 5.97 Å². The predicted octanol–water partition coefficient (Wildman–Crippen LogP) is 3.47. The number of amides is 1. The summed E-state index contributed by atoms with van der Waals surface area (Å²) in [5.41, 5.74) is 3.68. The maximum atomic E-state index is 13.2. The number of rotatable bonds is 4. The van der Waals surface area contributed by atoms with Crippen molar-refractivity contribution in [1.29, 1.82) is 0 Å². The molecule has 2 aromatic rings. The Bertz CT molecular complexity index is 817. The molecule has 1 N–H and O–H groups in total. The SMILES string of the molecule is O=C(O)C1CCC1C(=O)N1CCc2ccccc2C1Cc1ccccc1. The molecule has 2 aromatic carbocycles. The molecule has 26 heavy (non-hydrogen) atoms. The Labute approximate surface area is 153 Å². The monoisotopic (exact) mass is 349 g/mol. The number of aliphatic carboxylic acids is 1. The molecule has 0 aromatic heterocycles. The van der Waals surface area contributed by atoms with E-state index in [2.05, 4.69) is 24.3 Å². The van der Waals surface area contributed by atoms with Crippen LogP contribution in [0.2, 0.25) is 0 Å². The van der Waals surface area contributed by atoms with Gasteiger partial charge in [-0.05, 0) is 42.4 Å². The molecule has 1 saturated carbocycles. The lowest BCUT2D eigenvalue weighted by molar-refractivity contribution is -0.158. The largest absolute Gasteiger partial charge is 0.481 e. The van der Waals surface area contributed by atoms with Gasteiger partial charge in [0, 0.05) is 6.54 Å². The van der Waals surface area contributed by atoms with Gasteiger partial charge in [-0.3, -0.25) is 9.59 Å². The molecular weight excluding hydrogens is 326 g/mol. The highest BCUT2D eigenvalue weighted by atomic mass is 16.4. The van der Waals surface area contributed by atoms with E-state index in [1.54, 1.807) is 0 Å². The van der Waals surface area contributed by atoms with Crippen LogP contribution < -0.4 is 0 Å². The maximum absolute atomic E-state index is 13.2. The molecule has 1 heterocycles. The molecule has 1 aliphatic carbocycles. The molecule has 0 radical (unpaired) electrons. The van der Waals surface area contributed by atoms with Gasteiger partial charge in [0.1, 0.15) is 0 Å². The lowest BCUT2D eigenvalue weighted by atomic mass is 9.72. The third kappa shape index (κ3) is 3.00.